The van der Waals surface area contributed by atoms with Crippen LogP contribution < -0.4 is 4.74 Å². The number of piperidine rings is 1. The zero-order valence-electron chi connectivity index (χ0n) is 18.8. The fourth-order valence-corrected chi connectivity index (χ4v) is 4.80. The average Bonchev–Trinajstić information content (AvgIpc) is 3.40. The molecule has 0 bridgehead atoms. The van der Waals surface area contributed by atoms with Gasteiger partial charge in [-0.1, -0.05) is 0 Å². The van der Waals surface area contributed by atoms with E-state index in [0.29, 0.717) is 5.92 Å². The number of methoxy groups -OCH3 is 1. The van der Waals surface area contributed by atoms with Gasteiger partial charge in [-0.3, -0.25) is 4.79 Å². The number of amides is 1. The summed E-state index contributed by atoms with van der Waals surface area (Å²) in [7, 11) is 1.70. The predicted octanol–water partition coefficient (Wildman–Crippen LogP) is 5.00. The zero-order valence-corrected chi connectivity index (χ0v) is 18.8. The molecule has 1 aliphatic heterocycles. The monoisotopic (exact) mass is 428 g/mol. The molecule has 0 atom stereocenters. The van der Waals surface area contributed by atoms with E-state index in [1.54, 1.807) is 7.11 Å². The SMILES string of the molecule is COc1ccc2[nH]cc(C3CCN(C(=O)c4ccc(-n5nc(C)cc5C)cc4)CC3)c2c1. The van der Waals surface area contributed by atoms with Crippen LogP contribution in [0.3, 0.4) is 0 Å². The maximum absolute atomic E-state index is 13.1. The van der Waals surface area contributed by atoms with Gasteiger partial charge in [0.2, 0.25) is 0 Å². The van der Waals surface area contributed by atoms with Gasteiger partial charge in [0.15, 0.2) is 0 Å². The number of aromatic amines is 1. The van der Waals surface area contributed by atoms with Crippen molar-refractivity contribution in [3.63, 3.8) is 0 Å². The Labute approximate surface area is 187 Å². The molecule has 0 unspecified atom stereocenters. The lowest BCUT2D eigenvalue weighted by atomic mass is 9.89. The standard InChI is InChI=1S/C26H28N4O2/c1-17-14-18(2)30(28-17)21-6-4-20(5-7-21)26(31)29-12-10-19(11-13-29)24-16-27-25-9-8-22(32-3)15-23(24)25/h4-9,14-16,19,27H,10-13H2,1-3H3. The number of H-pyrrole nitrogens is 1. The summed E-state index contributed by atoms with van der Waals surface area (Å²) in [5.74, 6) is 1.41. The number of nitrogens with zero attached hydrogens (tertiary/aromatic N) is 3. The third-order valence-corrected chi connectivity index (χ3v) is 6.51. The van der Waals surface area contributed by atoms with Crippen molar-refractivity contribution >= 4 is 16.8 Å². The van der Waals surface area contributed by atoms with E-state index in [9.17, 15) is 4.79 Å². The predicted molar refractivity (Wildman–Crippen MR) is 126 cm³/mol. The van der Waals surface area contributed by atoms with E-state index in [1.807, 2.05) is 59.8 Å². The Morgan fingerprint density at radius 2 is 1.81 bits per heavy atom. The van der Waals surface area contributed by atoms with E-state index in [4.69, 9.17) is 4.74 Å². The molecule has 4 aromatic rings. The number of aryl methyl sites for hydroxylation is 2. The Kier molecular flexibility index (Phi) is 5.21. The highest BCUT2D eigenvalue weighted by atomic mass is 16.5. The lowest BCUT2D eigenvalue weighted by Gasteiger charge is -2.32. The quantitative estimate of drug-likeness (QED) is 0.498. The molecule has 32 heavy (non-hydrogen) atoms. The number of aromatic nitrogens is 3. The topological polar surface area (TPSA) is 63.1 Å². The summed E-state index contributed by atoms with van der Waals surface area (Å²) in [5.41, 5.74) is 6.21. The Hall–Kier alpha value is -3.54. The Balaban J connectivity index is 1.27. The number of rotatable bonds is 4. The first kappa shape index (κ1) is 20.4. The van der Waals surface area contributed by atoms with E-state index < -0.39 is 0 Å². The van der Waals surface area contributed by atoms with Gasteiger partial charge in [0.05, 0.1) is 18.5 Å². The second-order valence-corrected chi connectivity index (χ2v) is 8.61. The zero-order chi connectivity index (χ0) is 22.2. The number of carbonyl (C=O) groups is 1. The molecule has 1 amide bonds. The number of ether oxygens (including phenoxy) is 1. The van der Waals surface area contributed by atoms with E-state index >= 15 is 0 Å². The van der Waals surface area contributed by atoms with Crippen molar-refractivity contribution in [1.29, 1.82) is 0 Å². The van der Waals surface area contributed by atoms with E-state index in [1.165, 1.54) is 10.9 Å². The number of hydrogen-bond acceptors (Lipinski definition) is 3. The molecule has 2 aromatic heterocycles. The van der Waals surface area contributed by atoms with Gasteiger partial charge >= 0.3 is 0 Å². The number of carbonyl (C=O) groups excluding carboxylic acids is 1. The molecule has 2 aromatic carbocycles. The second-order valence-electron chi connectivity index (χ2n) is 8.61. The normalized spacial score (nSPS) is 14.8. The summed E-state index contributed by atoms with van der Waals surface area (Å²) >= 11 is 0. The van der Waals surface area contributed by atoms with Crippen LogP contribution in [0.5, 0.6) is 5.75 Å². The second kappa shape index (κ2) is 8.19. The van der Waals surface area contributed by atoms with Crippen LogP contribution in [0.25, 0.3) is 16.6 Å². The molecular formula is C26H28N4O2. The summed E-state index contributed by atoms with van der Waals surface area (Å²) in [6.45, 7) is 5.55. The fraction of sp³-hybridized carbons (Fsp3) is 0.308. The Morgan fingerprint density at radius 1 is 1.06 bits per heavy atom. The van der Waals surface area contributed by atoms with Crippen molar-refractivity contribution in [2.24, 2.45) is 0 Å². The molecule has 0 radical (unpaired) electrons. The van der Waals surface area contributed by atoms with Crippen LogP contribution in [0.15, 0.2) is 54.7 Å². The van der Waals surface area contributed by atoms with E-state index in [0.717, 1.165) is 59.8 Å². The first-order chi connectivity index (χ1) is 15.5. The van der Waals surface area contributed by atoms with Gasteiger partial charge in [-0.25, -0.2) is 4.68 Å². The molecule has 6 heteroatoms. The first-order valence-corrected chi connectivity index (χ1v) is 11.1. The lowest BCUT2D eigenvalue weighted by molar-refractivity contribution is 0.0713. The molecule has 0 aliphatic carbocycles. The molecule has 164 valence electrons. The van der Waals surface area contributed by atoms with Gasteiger partial charge in [-0.05, 0) is 86.7 Å². The molecule has 5 rings (SSSR count). The summed E-state index contributed by atoms with van der Waals surface area (Å²) < 4.78 is 7.31. The minimum Gasteiger partial charge on any atom is -0.497 e. The van der Waals surface area contributed by atoms with Crippen molar-refractivity contribution in [3.05, 3.63) is 77.2 Å². The van der Waals surface area contributed by atoms with E-state index in [-0.39, 0.29) is 5.91 Å². The number of fused-ring (bicyclic) bond motifs is 1. The number of likely N-dealkylation sites (tertiary alicyclic amines) is 1. The van der Waals surface area contributed by atoms with Crippen LogP contribution in [-0.4, -0.2) is 45.8 Å². The van der Waals surface area contributed by atoms with Crippen LogP contribution in [0, 0.1) is 13.8 Å². The number of hydrogen-bond donors (Lipinski definition) is 1. The van der Waals surface area contributed by atoms with E-state index in [2.05, 4.69) is 28.4 Å². The lowest BCUT2D eigenvalue weighted by Crippen LogP contribution is -2.37. The van der Waals surface area contributed by atoms with Gasteiger partial charge in [0.25, 0.3) is 5.91 Å². The third-order valence-electron chi connectivity index (χ3n) is 6.51. The fourth-order valence-electron chi connectivity index (χ4n) is 4.80. The molecular weight excluding hydrogens is 400 g/mol. The molecule has 0 saturated carbocycles. The van der Waals surface area contributed by atoms with Gasteiger partial charge in [-0.2, -0.15) is 5.10 Å². The van der Waals surface area contributed by atoms with Crippen molar-refractivity contribution in [2.75, 3.05) is 20.2 Å². The van der Waals surface area contributed by atoms with Gasteiger partial charge in [0, 0.05) is 41.4 Å². The number of nitrogens with one attached hydrogen (secondary N) is 1. The van der Waals surface area contributed by atoms with Gasteiger partial charge < -0.3 is 14.6 Å². The molecule has 1 fully saturated rings. The summed E-state index contributed by atoms with van der Waals surface area (Å²) in [5, 5.41) is 5.74. The Morgan fingerprint density at radius 3 is 2.47 bits per heavy atom. The summed E-state index contributed by atoms with van der Waals surface area (Å²) in [6, 6.07) is 15.9. The van der Waals surface area contributed by atoms with Crippen molar-refractivity contribution < 1.29 is 9.53 Å². The summed E-state index contributed by atoms with van der Waals surface area (Å²) in [4.78, 5) is 18.4. The highest BCUT2D eigenvalue weighted by molar-refractivity contribution is 5.94. The van der Waals surface area contributed by atoms with Crippen molar-refractivity contribution in [3.8, 4) is 11.4 Å². The van der Waals surface area contributed by atoms with Crippen molar-refractivity contribution in [2.45, 2.75) is 32.6 Å². The smallest absolute Gasteiger partial charge is 0.253 e. The van der Waals surface area contributed by atoms with Crippen LogP contribution >= 0.6 is 0 Å². The average molecular weight is 429 g/mol. The third kappa shape index (κ3) is 3.66. The van der Waals surface area contributed by atoms with Gasteiger partial charge in [0.1, 0.15) is 5.75 Å². The van der Waals surface area contributed by atoms with Gasteiger partial charge in [-0.15, -0.1) is 0 Å². The van der Waals surface area contributed by atoms with Crippen LogP contribution in [-0.2, 0) is 0 Å². The Bertz CT molecular complexity index is 1260. The minimum atomic E-state index is 0.101. The van der Waals surface area contributed by atoms with Crippen LogP contribution in [0.4, 0.5) is 0 Å². The summed E-state index contributed by atoms with van der Waals surface area (Å²) in [6.07, 6.45) is 4.03. The van der Waals surface area contributed by atoms with Crippen LogP contribution in [0.1, 0.15) is 46.1 Å². The molecule has 0 spiro atoms. The molecule has 1 saturated heterocycles. The van der Waals surface area contributed by atoms with Crippen molar-refractivity contribution in [1.82, 2.24) is 19.7 Å². The maximum Gasteiger partial charge on any atom is 0.253 e. The highest BCUT2D eigenvalue weighted by Crippen LogP contribution is 2.35. The molecule has 6 nitrogen and oxygen atoms in total. The maximum atomic E-state index is 13.1. The van der Waals surface area contributed by atoms with Crippen LogP contribution in [0.2, 0.25) is 0 Å². The number of benzene rings is 2. The first-order valence-electron chi connectivity index (χ1n) is 11.1. The largest absolute Gasteiger partial charge is 0.497 e. The minimum absolute atomic E-state index is 0.101. The molecule has 1 N–H and O–H groups in total. The molecule has 1 aliphatic rings. The molecule has 3 heterocycles. The highest BCUT2D eigenvalue weighted by Gasteiger charge is 2.26.